The number of ether oxygens (including phenoxy) is 3. The molecule has 0 saturated carbocycles. The van der Waals surface area contributed by atoms with Crippen molar-refractivity contribution in [1.82, 2.24) is 5.32 Å². The zero-order valence-corrected chi connectivity index (χ0v) is 21.1. The van der Waals surface area contributed by atoms with Crippen molar-refractivity contribution >= 4 is 11.8 Å². The van der Waals surface area contributed by atoms with E-state index in [4.69, 9.17) is 14.2 Å². The van der Waals surface area contributed by atoms with Gasteiger partial charge >= 0.3 is 5.97 Å². The number of dihydropyridines is 1. The highest BCUT2D eigenvalue weighted by Crippen LogP contribution is 2.48. The number of Topliss-reactive ketones (excluding diaryl/α,β-unsaturated/α-hetero) is 1. The van der Waals surface area contributed by atoms with E-state index < -0.39 is 11.9 Å². The highest BCUT2D eigenvalue weighted by molar-refractivity contribution is 6.04. The van der Waals surface area contributed by atoms with Crippen LogP contribution in [0.3, 0.4) is 0 Å². The van der Waals surface area contributed by atoms with Gasteiger partial charge in [0.1, 0.15) is 6.61 Å². The third-order valence-corrected chi connectivity index (χ3v) is 6.49. The molecule has 2 aliphatic rings. The molecule has 1 aliphatic heterocycles. The van der Waals surface area contributed by atoms with Crippen LogP contribution >= 0.6 is 0 Å². The Balaban J connectivity index is 1.80. The van der Waals surface area contributed by atoms with Gasteiger partial charge < -0.3 is 19.5 Å². The van der Waals surface area contributed by atoms with E-state index in [2.05, 4.69) is 19.2 Å². The normalized spacial score (nSPS) is 19.1. The van der Waals surface area contributed by atoms with E-state index in [0.717, 1.165) is 23.2 Å². The Morgan fingerprint density at radius 3 is 2.51 bits per heavy atom. The van der Waals surface area contributed by atoms with Gasteiger partial charge in [-0.25, -0.2) is 4.79 Å². The molecule has 1 unspecified atom stereocenters. The second-order valence-corrected chi connectivity index (χ2v) is 9.83. The van der Waals surface area contributed by atoms with Crippen LogP contribution in [0.15, 0.2) is 71.1 Å². The molecule has 2 aromatic carbocycles. The Labute approximate surface area is 207 Å². The van der Waals surface area contributed by atoms with E-state index >= 15 is 0 Å². The summed E-state index contributed by atoms with van der Waals surface area (Å²) in [6, 6.07) is 15.5. The molecule has 1 heterocycles. The zero-order chi connectivity index (χ0) is 25.2. The summed E-state index contributed by atoms with van der Waals surface area (Å²) < 4.78 is 17.1. The van der Waals surface area contributed by atoms with Crippen LogP contribution in [0.1, 0.15) is 57.6 Å². The number of allylic oxidation sites excluding steroid dienone is 3. The number of methoxy groups -OCH3 is 1. The molecule has 0 amide bonds. The van der Waals surface area contributed by atoms with Crippen LogP contribution in [0.5, 0.6) is 11.5 Å². The summed E-state index contributed by atoms with van der Waals surface area (Å²) in [7, 11) is 1.59. The van der Waals surface area contributed by atoms with E-state index in [1.165, 1.54) is 0 Å². The minimum absolute atomic E-state index is 0.0469. The number of hydrogen-bond acceptors (Lipinski definition) is 6. The molecule has 1 aliphatic carbocycles. The van der Waals surface area contributed by atoms with Gasteiger partial charge in [-0.15, -0.1) is 0 Å². The minimum atomic E-state index is -0.543. The van der Waals surface area contributed by atoms with E-state index in [1.807, 2.05) is 55.5 Å². The topological polar surface area (TPSA) is 73.9 Å². The maximum atomic E-state index is 13.5. The zero-order valence-electron chi connectivity index (χ0n) is 21.1. The van der Waals surface area contributed by atoms with Crippen LogP contribution in [0.4, 0.5) is 0 Å². The van der Waals surface area contributed by atoms with Gasteiger partial charge in [0.15, 0.2) is 17.3 Å². The van der Waals surface area contributed by atoms with Gasteiger partial charge in [-0.2, -0.15) is 0 Å². The molecule has 0 fully saturated rings. The molecule has 1 N–H and O–H groups in total. The predicted molar refractivity (Wildman–Crippen MR) is 134 cm³/mol. The van der Waals surface area contributed by atoms with Gasteiger partial charge in [-0.1, -0.05) is 50.2 Å². The summed E-state index contributed by atoms with van der Waals surface area (Å²) in [5.41, 5.74) is 4.34. The van der Waals surface area contributed by atoms with Crippen molar-refractivity contribution in [3.63, 3.8) is 0 Å². The fourth-order valence-corrected chi connectivity index (χ4v) is 4.97. The molecule has 0 bridgehead atoms. The molecule has 2 aromatic rings. The first-order chi connectivity index (χ1) is 16.7. The summed E-state index contributed by atoms with van der Waals surface area (Å²) >= 11 is 0. The van der Waals surface area contributed by atoms with Crippen LogP contribution in [0.2, 0.25) is 0 Å². The van der Waals surface area contributed by atoms with Crippen molar-refractivity contribution in [2.24, 2.45) is 5.41 Å². The largest absolute Gasteiger partial charge is 0.493 e. The summed E-state index contributed by atoms with van der Waals surface area (Å²) in [6.07, 6.45) is 1.15. The Bertz CT molecular complexity index is 1190. The lowest BCUT2D eigenvalue weighted by atomic mass is 9.68. The fourth-order valence-electron chi connectivity index (χ4n) is 4.97. The molecule has 0 aromatic heterocycles. The monoisotopic (exact) mass is 475 g/mol. The smallest absolute Gasteiger partial charge is 0.336 e. The number of carbonyl (C=O) groups excluding carboxylic acids is 2. The second kappa shape index (κ2) is 9.98. The van der Waals surface area contributed by atoms with Gasteiger partial charge in [-0.05, 0) is 48.9 Å². The molecule has 0 saturated heterocycles. The van der Waals surface area contributed by atoms with Crippen LogP contribution < -0.4 is 14.8 Å². The molecule has 0 radical (unpaired) electrons. The van der Waals surface area contributed by atoms with Crippen LogP contribution in [0, 0.1) is 5.41 Å². The van der Waals surface area contributed by atoms with Gasteiger partial charge in [0.05, 0.1) is 19.3 Å². The lowest BCUT2D eigenvalue weighted by molar-refractivity contribution is -0.138. The maximum absolute atomic E-state index is 13.5. The van der Waals surface area contributed by atoms with E-state index in [0.29, 0.717) is 41.4 Å². The molecule has 6 nitrogen and oxygen atoms in total. The first-order valence-electron chi connectivity index (χ1n) is 12.0. The standard InChI is InChI=1S/C29H33NO5/c1-6-34-28(32)25-18(2)30-21-15-29(3,4)16-22(31)27(21)26(25)20-12-13-23(33-5)24(14-20)35-17-19-10-8-7-9-11-19/h7-14,26,30H,6,15-17H2,1-5H3. The number of hydrogen-bond donors (Lipinski definition) is 1. The van der Waals surface area contributed by atoms with Crippen molar-refractivity contribution in [1.29, 1.82) is 0 Å². The van der Waals surface area contributed by atoms with Gasteiger partial charge in [0.2, 0.25) is 0 Å². The minimum Gasteiger partial charge on any atom is -0.493 e. The molecule has 0 spiro atoms. The highest BCUT2D eigenvalue weighted by Gasteiger charge is 2.43. The first-order valence-corrected chi connectivity index (χ1v) is 12.0. The summed E-state index contributed by atoms with van der Waals surface area (Å²) in [5.74, 6) is 0.222. The van der Waals surface area contributed by atoms with Crippen LogP contribution in [-0.4, -0.2) is 25.5 Å². The number of esters is 1. The van der Waals surface area contributed by atoms with Gasteiger partial charge in [0.25, 0.3) is 0 Å². The van der Waals surface area contributed by atoms with Gasteiger partial charge in [0, 0.05) is 29.3 Å². The van der Waals surface area contributed by atoms with Crippen molar-refractivity contribution < 1.29 is 23.8 Å². The summed E-state index contributed by atoms with van der Waals surface area (Å²) in [6.45, 7) is 8.45. The average molecular weight is 476 g/mol. The number of ketones is 1. The van der Waals surface area contributed by atoms with Crippen LogP contribution in [0.25, 0.3) is 0 Å². The SMILES string of the molecule is CCOC(=O)C1=C(C)NC2=C(C(=O)CC(C)(C)C2)C1c1ccc(OC)c(OCc2ccccc2)c1. The Morgan fingerprint density at radius 2 is 1.83 bits per heavy atom. The molecule has 6 heteroatoms. The van der Waals surface area contributed by atoms with Crippen molar-refractivity contribution in [3.8, 4) is 11.5 Å². The third kappa shape index (κ3) is 5.11. The molecule has 1 atom stereocenters. The van der Waals surface area contributed by atoms with E-state index in [9.17, 15) is 9.59 Å². The molecule has 4 rings (SSSR count). The van der Waals surface area contributed by atoms with Crippen molar-refractivity contribution in [3.05, 3.63) is 82.2 Å². The van der Waals surface area contributed by atoms with Crippen LogP contribution in [-0.2, 0) is 20.9 Å². The number of benzene rings is 2. The number of nitrogens with one attached hydrogen (secondary N) is 1. The summed E-state index contributed by atoms with van der Waals surface area (Å²) in [4.78, 5) is 26.6. The summed E-state index contributed by atoms with van der Waals surface area (Å²) in [5, 5.41) is 3.36. The molecular formula is C29H33NO5. The maximum Gasteiger partial charge on any atom is 0.336 e. The quantitative estimate of drug-likeness (QED) is 0.538. The highest BCUT2D eigenvalue weighted by atomic mass is 16.5. The first kappa shape index (κ1) is 24.6. The Hall–Kier alpha value is -3.54. The van der Waals surface area contributed by atoms with E-state index in [-0.39, 0.29) is 17.8 Å². The molecule has 35 heavy (non-hydrogen) atoms. The number of rotatable bonds is 7. The van der Waals surface area contributed by atoms with Gasteiger partial charge in [-0.3, -0.25) is 4.79 Å². The lowest BCUT2D eigenvalue weighted by Crippen LogP contribution is -2.38. The molecule has 184 valence electrons. The lowest BCUT2D eigenvalue weighted by Gasteiger charge is -2.39. The fraction of sp³-hybridized carbons (Fsp3) is 0.379. The number of carbonyl (C=O) groups is 2. The average Bonchev–Trinajstić information content (AvgIpc) is 2.81. The third-order valence-electron chi connectivity index (χ3n) is 6.49. The Kier molecular flexibility index (Phi) is 7.01. The Morgan fingerprint density at radius 1 is 1.09 bits per heavy atom. The van der Waals surface area contributed by atoms with E-state index in [1.54, 1.807) is 14.0 Å². The van der Waals surface area contributed by atoms with Crippen molar-refractivity contribution in [2.45, 2.75) is 53.1 Å². The molecular weight excluding hydrogens is 442 g/mol. The second-order valence-electron chi connectivity index (χ2n) is 9.83. The van der Waals surface area contributed by atoms with Crippen molar-refractivity contribution in [2.75, 3.05) is 13.7 Å². The predicted octanol–water partition coefficient (Wildman–Crippen LogP) is 5.44.